The van der Waals surface area contributed by atoms with Crippen LogP contribution in [0.15, 0.2) is 54.2 Å². The van der Waals surface area contributed by atoms with Crippen LogP contribution in [0.2, 0.25) is 0 Å². The van der Waals surface area contributed by atoms with Crippen molar-refractivity contribution in [2.24, 2.45) is 0 Å². The largest absolute Gasteiger partial charge is 0.493 e. The van der Waals surface area contributed by atoms with Gasteiger partial charge in [-0.05, 0) is 48.1 Å². The predicted octanol–water partition coefficient (Wildman–Crippen LogP) is 4.36. The number of rotatable bonds is 8. The van der Waals surface area contributed by atoms with Gasteiger partial charge >= 0.3 is 0 Å². The molecule has 0 N–H and O–H groups in total. The molecule has 1 fully saturated rings. The number of benzene rings is 1. The number of ether oxygens (including phenoxy) is 2. The number of fused-ring (bicyclic) bond motifs is 1. The topological polar surface area (TPSA) is 81.9 Å². The molecule has 1 saturated carbocycles. The first kappa shape index (κ1) is 21.4. The molecule has 3 heterocycles. The summed E-state index contributed by atoms with van der Waals surface area (Å²) in [7, 11) is 1.63. The number of amides is 1. The maximum absolute atomic E-state index is 13.5. The minimum absolute atomic E-state index is 0.162. The number of methoxy groups -OCH3 is 1. The van der Waals surface area contributed by atoms with Crippen molar-refractivity contribution < 1.29 is 14.3 Å². The molecule has 0 bridgehead atoms. The summed E-state index contributed by atoms with van der Waals surface area (Å²) in [5, 5.41) is 6.39. The zero-order chi connectivity index (χ0) is 22.6. The van der Waals surface area contributed by atoms with Crippen molar-refractivity contribution in [1.29, 1.82) is 0 Å². The second kappa shape index (κ2) is 9.58. The lowest BCUT2D eigenvalue weighted by Crippen LogP contribution is -2.39. The van der Waals surface area contributed by atoms with Crippen molar-refractivity contribution in [2.45, 2.75) is 44.9 Å². The molecule has 0 aliphatic heterocycles. The Balaban J connectivity index is 1.40. The second-order valence-corrected chi connectivity index (χ2v) is 9.06. The summed E-state index contributed by atoms with van der Waals surface area (Å²) in [5.74, 6) is 1.74. The molecule has 5 rings (SSSR count). The van der Waals surface area contributed by atoms with Crippen LogP contribution in [0.3, 0.4) is 0 Å². The Morgan fingerprint density at radius 1 is 1.21 bits per heavy atom. The van der Waals surface area contributed by atoms with Crippen LogP contribution in [-0.2, 0) is 13.2 Å². The highest BCUT2D eigenvalue weighted by Gasteiger charge is 2.30. The van der Waals surface area contributed by atoms with Gasteiger partial charge in [-0.2, -0.15) is 4.98 Å². The summed E-state index contributed by atoms with van der Waals surface area (Å²) in [4.78, 5) is 25.1. The Morgan fingerprint density at radius 3 is 2.85 bits per heavy atom. The van der Waals surface area contributed by atoms with Gasteiger partial charge < -0.3 is 14.4 Å². The molecule has 0 unspecified atom stereocenters. The summed E-state index contributed by atoms with van der Waals surface area (Å²) in [6.45, 7) is 0.923. The summed E-state index contributed by atoms with van der Waals surface area (Å²) < 4.78 is 13.1. The van der Waals surface area contributed by atoms with E-state index in [1.807, 2.05) is 40.6 Å². The third-order valence-electron chi connectivity index (χ3n) is 5.87. The van der Waals surface area contributed by atoms with Crippen LogP contribution in [0.4, 0.5) is 0 Å². The fraction of sp³-hybridized carbons (Fsp3) is 0.333. The summed E-state index contributed by atoms with van der Waals surface area (Å²) in [6.07, 6.45) is 7.58. The molecule has 3 aromatic heterocycles. The molecular formula is C24H25N5O3S. The zero-order valence-corrected chi connectivity index (χ0v) is 19.2. The lowest BCUT2D eigenvalue weighted by Gasteiger charge is -2.28. The van der Waals surface area contributed by atoms with Gasteiger partial charge in [0.25, 0.3) is 11.7 Å². The molecule has 4 aromatic rings. The molecule has 33 heavy (non-hydrogen) atoms. The highest BCUT2D eigenvalue weighted by atomic mass is 32.1. The maximum Gasteiger partial charge on any atom is 0.294 e. The molecular weight excluding hydrogens is 438 g/mol. The van der Waals surface area contributed by atoms with Crippen molar-refractivity contribution in [1.82, 2.24) is 24.5 Å². The minimum atomic E-state index is -0.177. The van der Waals surface area contributed by atoms with E-state index in [1.54, 1.807) is 36.9 Å². The molecule has 0 spiro atoms. The number of carbonyl (C=O) groups excluding carboxylic acids is 1. The lowest BCUT2D eigenvalue weighted by atomic mass is 10.1. The predicted molar refractivity (Wildman–Crippen MR) is 125 cm³/mol. The standard InChI is InChI=1S/C24H25N5O3S/c1-31-20-10-9-17(14-21(20)32-16-19-8-4-13-33-19)15-28(18-6-2-3-7-18)23(30)22-26-24-25-11-5-12-29(24)27-22/h4-5,8-14,18H,2-3,6-7,15-16H2,1H3. The Hall–Kier alpha value is -3.46. The van der Waals surface area contributed by atoms with E-state index in [9.17, 15) is 4.79 Å². The first-order chi connectivity index (χ1) is 16.2. The van der Waals surface area contributed by atoms with Gasteiger partial charge in [0.1, 0.15) is 6.61 Å². The van der Waals surface area contributed by atoms with Gasteiger partial charge in [0.2, 0.25) is 5.82 Å². The van der Waals surface area contributed by atoms with Crippen LogP contribution in [-0.4, -0.2) is 43.5 Å². The monoisotopic (exact) mass is 463 g/mol. The van der Waals surface area contributed by atoms with Gasteiger partial charge in [0.05, 0.1) is 7.11 Å². The Bertz CT molecular complexity index is 1200. The molecule has 8 nitrogen and oxygen atoms in total. The first-order valence-electron chi connectivity index (χ1n) is 11.0. The molecule has 0 atom stereocenters. The van der Waals surface area contributed by atoms with Crippen molar-refractivity contribution in [3.8, 4) is 11.5 Å². The van der Waals surface area contributed by atoms with Crippen LogP contribution in [0, 0.1) is 0 Å². The van der Waals surface area contributed by atoms with E-state index in [4.69, 9.17) is 9.47 Å². The highest BCUT2D eigenvalue weighted by molar-refractivity contribution is 7.09. The van der Waals surface area contributed by atoms with Gasteiger partial charge in [-0.1, -0.05) is 25.0 Å². The van der Waals surface area contributed by atoms with E-state index < -0.39 is 0 Å². The van der Waals surface area contributed by atoms with E-state index in [0.717, 1.165) is 36.1 Å². The molecule has 1 aliphatic carbocycles. The number of nitrogens with zero attached hydrogens (tertiary/aromatic N) is 5. The van der Waals surface area contributed by atoms with Crippen LogP contribution >= 0.6 is 11.3 Å². The van der Waals surface area contributed by atoms with Crippen molar-refractivity contribution in [3.63, 3.8) is 0 Å². The molecule has 1 aliphatic rings. The summed E-state index contributed by atoms with van der Waals surface area (Å²) in [6, 6.07) is 11.8. The van der Waals surface area contributed by atoms with E-state index >= 15 is 0 Å². The number of hydrogen-bond acceptors (Lipinski definition) is 7. The van der Waals surface area contributed by atoms with E-state index in [-0.39, 0.29) is 17.8 Å². The quantitative estimate of drug-likeness (QED) is 0.386. The summed E-state index contributed by atoms with van der Waals surface area (Å²) >= 11 is 1.65. The normalized spacial score (nSPS) is 14.0. The van der Waals surface area contributed by atoms with E-state index in [2.05, 4.69) is 15.1 Å². The van der Waals surface area contributed by atoms with E-state index in [0.29, 0.717) is 30.4 Å². The Kier molecular flexibility index (Phi) is 6.21. The van der Waals surface area contributed by atoms with Gasteiger partial charge in [-0.25, -0.2) is 9.50 Å². The van der Waals surface area contributed by atoms with Crippen molar-refractivity contribution >= 4 is 23.0 Å². The Labute approximate surface area is 195 Å². The zero-order valence-electron chi connectivity index (χ0n) is 18.4. The molecule has 1 aromatic carbocycles. The van der Waals surface area contributed by atoms with Gasteiger partial charge in [0, 0.05) is 29.9 Å². The average Bonchev–Trinajstić information content (AvgIpc) is 3.62. The van der Waals surface area contributed by atoms with Crippen LogP contribution in [0.25, 0.3) is 5.78 Å². The Morgan fingerprint density at radius 2 is 2.09 bits per heavy atom. The SMILES string of the molecule is COc1ccc(CN(C(=O)c2nc3ncccn3n2)C2CCCC2)cc1OCc1cccs1. The first-order valence-corrected chi connectivity index (χ1v) is 11.9. The smallest absolute Gasteiger partial charge is 0.294 e. The highest BCUT2D eigenvalue weighted by Crippen LogP contribution is 2.32. The minimum Gasteiger partial charge on any atom is -0.493 e. The molecule has 9 heteroatoms. The van der Waals surface area contributed by atoms with E-state index in [1.165, 1.54) is 4.52 Å². The van der Waals surface area contributed by atoms with Gasteiger partial charge in [-0.3, -0.25) is 4.79 Å². The fourth-order valence-electron chi connectivity index (χ4n) is 4.21. The third kappa shape index (κ3) is 4.68. The third-order valence-corrected chi connectivity index (χ3v) is 6.72. The number of hydrogen-bond donors (Lipinski definition) is 0. The van der Waals surface area contributed by atoms with Crippen LogP contribution in [0.1, 0.15) is 46.7 Å². The lowest BCUT2D eigenvalue weighted by molar-refractivity contribution is 0.0651. The number of carbonyl (C=O) groups is 1. The number of aromatic nitrogens is 4. The summed E-state index contributed by atoms with van der Waals surface area (Å²) in [5.41, 5.74) is 0.971. The van der Waals surface area contributed by atoms with Gasteiger partial charge in [0.15, 0.2) is 11.5 Å². The molecule has 1 amide bonds. The fourth-order valence-corrected chi connectivity index (χ4v) is 4.82. The van der Waals surface area contributed by atoms with Crippen LogP contribution in [0.5, 0.6) is 11.5 Å². The van der Waals surface area contributed by atoms with Crippen molar-refractivity contribution in [3.05, 3.63) is 70.4 Å². The maximum atomic E-state index is 13.5. The van der Waals surface area contributed by atoms with Gasteiger partial charge in [-0.15, -0.1) is 16.4 Å². The van der Waals surface area contributed by atoms with Crippen molar-refractivity contribution in [2.75, 3.05) is 7.11 Å². The molecule has 0 radical (unpaired) electrons. The van der Waals surface area contributed by atoms with Crippen LogP contribution < -0.4 is 9.47 Å². The molecule has 0 saturated heterocycles. The molecule has 170 valence electrons. The average molecular weight is 464 g/mol. The second-order valence-electron chi connectivity index (χ2n) is 8.02. The number of thiophene rings is 1.